The van der Waals surface area contributed by atoms with Crippen molar-refractivity contribution >= 4 is 40.5 Å². The SMILES string of the molecule is [N-]=[N+]=NCOCCOCCOCCCCC(=O)CC[C@H](NC(=O)c1ccc(NCc2cnc3nc(N)[nH]c(=O)c3n2)cc1)C(=O)O. The highest BCUT2D eigenvalue weighted by Gasteiger charge is 2.21. The largest absolute Gasteiger partial charge is 0.480 e. The number of hydrogen-bond donors (Lipinski definition) is 5. The number of carboxylic acid groups (broad SMARTS) is 1. The normalized spacial score (nSPS) is 11.5. The van der Waals surface area contributed by atoms with Gasteiger partial charge < -0.3 is 35.7 Å². The minimum Gasteiger partial charge on any atom is -0.480 e. The molecule has 6 N–H and O–H groups in total. The molecular formula is C28H36N10O8. The average Bonchev–Trinajstić information content (AvgIpc) is 3.04. The van der Waals surface area contributed by atoms with Crippen LogP contribution in [-0.4, -0.2) is 88.5 Å². The Kier molecular flexibility index (Phi) is 14.8. The maximum absolute atomic E-state index is 12.7. The molecule has 0 aliphatic heterocycles. The first-order chi connectivity index (χ1) is 22.3. The van der Waals surface area contributed by atoms with Gasteiger partial charge in [0.15, 0.2) is 11.2 Å². The highest BCUT2D eigenvalue weighted by atomic mass is 16.5. The molecule has 0 bridgehead atoms. The van der Waals surface area contributed by atoms with Gasteiger partial charge in [-0.2, -0.15) is 4.98 Å². The molecule has 18 nitrogen and oxygen atoms in total. The third-order valence-electron chi connectivity index (χ3n) is 6.37. The zero-order valence-electron chi connectivity index (χ0n) is 25.0. The number of nitrogens with two attached hydrogens (primary N) is 1. The Morgan fingerprint density at radius 3 is 2.46 bits per heavy atom. The molecule has 0 saturated heterocycles. The number of ketones is 1. The van der Waals surface area contributed by atoms with Gasteiger partial charge in [0.1, 0.15) is 18.6 Å². The van der Waals surface area contributed by atoms with Crippen molar-refractivity contribution in [2.24, 2.45) is 5.11 Å². The summed E-state index contributed by atoms with van der Waals surface area (Å²) in [7, 11) is 0. The third kappa shape index (κ3) is 12.4. The summed E-state index contributed by atoms with van der Waals surface area (Å²) in [6, 6.07) is 5.12. The smallest absolute Gasteiger partial charge is 0.326 e. The van der Waals surface area contributed by atoms with Crippen LogP contribution < -0.4 is 21.9 Å². The van der Waals surface area contributed by atoms with Crippen molar-refractivity contribution in [3.63, 3.8) is 0 Å². The maximum Gasteiger partial charge on any atom is 0.326 e. The van der Waals surface area contributed by atoms with E-state index in [9.17, 15) is 24.3 Å². The number of aliphatic carboxylic acids is 1. The first-order valence-electron chi connectivity index (χ1n) is 14.4. The second-order valence-electron chi connectivity index (χ2n) is 9.81. The van der Waals surface area contributed by atoms with Gasteiger partial charge >= 0.3 is 5.97 Å². The van der Waals surface area contributed by atoms with Gasteiger partial charge in [-0.25, -0.2) is 14.8 Å². The molecule has 0 spiro atoms. The Morgan fingerprint density at radius 1 is 1.02 bits per heavy atom. The zero-order valence-corrected chi connectivity index (χ0v) is 25.0. The number of fused-ring (bicyclic) bond motifs is 1. The van der Waals surface area contributed by atoms with Crippen LogP contribution in [0.15, 0.2) is 40.4 Å². The lowest BCUT2D eigenvalue weighted by Gasteiger charge is -2.14. The van der Waals surface area contributed by atoms with Crippen LogP contribution >= 0.6 is 0 Å². The number of hydrogen-bond acceptors (Lipinski definition) is 13. The lowest BCUT2D eigenvalue weighted by molar-refractivity contribution is -0.139. The summed E-state index contributed by atoms with van der Waals surface area (Å²) in [4.78, 5) is 66.0. The molecule has 0 radical (unpaired) electrons. The van der Waals surface area contributed by atoms with Crippen molar-refractivity contribution in [2.45, 2.75) is 44.7 Å². The summed E-state index contributed by atoms with van der Waals surface area (Å²) in [6.45, 7) is 2.09. The molecule has 246 valence electrons. The summed E-state index contributed by atoms with van der Waals surface area (Å²) in [6.07, 6.45) is 2.99. The maximum atomic E-state index is 12.7. The number of nitrogens with zero attached hydrogens (tertiary/aromatic N) is 6. The molecule has 0 aliphatic carbocycles. The van der Waals surface area contributed by atoms with E-state index in [1.807, 2.05) is 0 Å². The molecule has 2 heterocycles. The topological polar surface area (TPSA) is 270 Å². The molecule has 3 aromatic rings. The van der Waals surface area contributed by atoms with Crippen LogP contribution in [0.3, 0.4) is 0 Å². The van der Waals surface area contributed by atoms with Gasteiger partial charge in [-0.15, -0.1) is 0 Å². The number of benzene rings is 1. The Hall–Kier alpha value is -5.16. The number of rotatable bonds is 22. The van der Waals surface area contributed by atoms with Crippen LogP contribution in [0.1, 0.15) is 48.2 Å². The zero-order chi connectivity index (χ0) is 33.1. The average molecular weight is 641 g/mol. The molecule has 2 aromatic heterocycles. The monoisotopic (exact) mass is 640 g/mol. The van der Waals surface area contributed by atoms with Crippen LogP contribution in [0.4, 0.5) is 11.6 Å². The van der Waals surface area contributed by atoms with Crippen molar-refractivity contribution in [2.75, 3.05) is 50.8 Å². The van der Waals surface area contributed by atoms with Crippen LogP contribution in [0.2, 0.25) is 0 Å². The van der Waals surface area contributed by atoms with E-state index in [-0.39, 0.29) is 61.0 Å². The highest BCUT2D eigenvalue weighted by molar-refractivity contribution is 5.97. The lowest BCUT2D eigenvalue weighted by Crippen LogP contribution is -2.41. The summed E-state index contributed by atoms with van der Waals surface area (Å²) < 4.78 is 15.7. The van der Waals surface area contributed by atoms with Crippen molar-refractivity contribution in [1.82, 2.24) is 25.3 Å². The number of aromatic amines is 1. The first kappa shape index (κ1) is 35.3. The number of anilines is 2. The Bertz CT molecular complexity index is 1560. The molecule has 0 fully saturated rings. The molecule has 0 aliphatic rings. The van der Waals surface area contributed by atoms with Crippen molar-refractivity contribution in [3.05, 3.63) is 62.5 Å². The summed E-state index contributed by atoms with van der Waals surface area (Å²) in [5.74, 6) is -1.96. The second kappa shape index (κ2) is 19.3. The number of aromatic nitrogens is 4. The Balaban J connectivity index is 1.32. The molecule has 18 heteroatoms. The molecular weight excluding hydrogens is 604 g/mol. The van der Waals surface area contributed by atoms with Gasteiger partial charge in [0.2, 0.25) is 5.95 Å². The van der Waals surface area contributed by atoms with Crippen LogP contribution in [-0.2, 0) is 30.3 Å². The molecule has 0 unspecified atom stereocenters. The van der Waals surface area contributed by atoms with E-state index in [0.717, 1.165) is 0 Å². The summed E-state index contributed by atoms with van der Waals surface area (Å²) in [5.41, 5.74) is 14.7. The van der Waals surface area contributed by atoms with Crippen LogP contribution in [0, 0.1) is 0 Å². The van der Waals surface area contributed by atoms with Crippen molar-refractivity contribution in [3.8, 4) is 0 Å². The Labute approximate surface area is 262 Å². The number of amides is 1. The number of unbranched alkanes of at least 4 members (excludes halogenated alkanes) is 1. The molecule has 1 aromatic carbocycles. The van der Waals surface area contributed by atoms with Crippen molar-refractivity contribution < 1.29 is 33.7 Å². The van der Waals surface area contributed by atoms with E-state index >= 15 is 0 Å². The van der Waals surface area contributed by atoms with E-state index in [4.69, 9.17) is 25.5 Å². The van der Waals surface area contributed by atoms with Crippen LogP contribution in [0.25, 0.3) is 21.6 Å². The molecule has 46 heavy (non-hydrogen) atoms. The number of nitrogen functional groups attached to an aromatic ring is 1. The molecule has 1 amide bonds. The number of carboxylic acids is 1. The number of nitrogens with one attached hydrogen (secondary N) is 3. The van der Waals surface area contributed by atoms with E-state index in [1.165, 1.54) is 18.3 Å². The molecule has 3 rings (SSSR count). The number of Topliss-reactive ketones (excluding diaryl/α,β-unsaturated/α-hetero) is 1. The predicted molar refractivity (Wildman–Crippen MR) is 165 cm³/mol. The van der Waals surface area contributed by atoms with E-state index < -0.39 is 23.5 Å². The number of carbonyl (C=O) groups is 3. The fraction of sp³-hybridized carbons (Fsp3) is 0.464. The number of azide groups is 1. The lowest BCUT2D eigenvalue weighted by atomic mass is 10.0. The number of ether oxygens (including phenoxy) is 3. The standard InChI is InChI=1S/C28H36N10O8/c29-28-36-24-23(26(41)37-28)34-20(16-32-24)15-31-19-6-4-18(5-7-19)25(40)35-22(27(42)43)9-8-21(39)3-1-2-10-44-11-12-45-13-14-46-17-33-38-30/h4-7,16,22,31H,1-3,8-15,17H2,(H,35,40)(H,42,43)(H3,29,32,36,37,41)/t22-/m0/s1. The quantitative estimate of drug-likeness (QED) is 0.0455. The van der Waals surface area contributed by atoms with Crippen molar-refractivity contribution in [1.29, 1.82) is 0 Å². The highest BCUT2D eigenvalue weighted by Crippen LogP contribution is 2.13. The second-order valence-corrected chi connectivity index (χ2v) is 9.81. The van der Waals surface area contributed by atoms with Gasteiger partial charge in [-0.3, -0.25) is 19.4 Å². The summed E-state index contributed by atoms with van der Waals surface area (Å²) >= 11 is 0. The van der Waals surface area contributed by atoms with E-state index in [1.54, 1.807) is 12.1 Å². The van der Waals surface area contributed by atoms with Gasteiger partial charge in [-0.05, 0) is 49.1 Å². The van der Waals surface area contributed by atoms with Gasteiger partial charge in [0.05, 0.1) is 44.9 Å². The van der Waals surface area contributed by atoms with E-state index in [2.05, 4.69) is 40.6 Å². The number of H-pyrrole nitrogens is 1. The first-order valence-corrected chi connectivity index (χ1v) is 14.4. The van der Waals surface area contributed by atoms with Gasteiger partial charge in [0.25, 0.3) is 11.5 Å². The fourth-order valence-corrected chi connectivity index (χ4v) is 4.01. The predicted octanol–water partition coefficient (Wildman–Crippen LogP) is 1.93. The van der Waals surface area contributed by atoms with E-state index in [0.29, 0.717) is 57.3 Å². The fourth-order valence-electron chi connectivity index (χ4n) is 4.01. The third-order valence-corrected chi connectivity index (χ3v) is 6.37. The summed E-state index contributed by atoms with van der Waals surface area (Å²) in [5, 5.41) is 18.4. The minimum absolute atomic E-state index is 0.0174. The number of carbonyl (C=O) groups excluding carboxylic acids is 2. The van der Waals surface area contributed by atoms with Gasteiger partial charge in [-0.1, -0.05) is 5.11 Å². The minimum atomic E-state index is -1.23. The Morgan fingerprint density at radius 2 is 1.74 bits per heavy atom. The molecule has 1 atom stereocenters. The molecule has 0 saturated carbocycles. The van der Waals surface area contributed by atoms with Crippen LogP contribution in [0.5, 0.6) is 0 Å². The van der Waals surface area contributed by atoms with Gasteiger partial charge in [0, 0.05) is 35.6 Å².